The van der Waals surface area contributed by atoms with Crippen LogP contribution in [0, 0.1) is 23.7 Å². The molecule has 4 saturated heterocycles. The third kappa shape index (κ3) is 8.08. The molecule has 0 amide bonds. The third-order valence-corrected chi connectivity index (χ3v) is 12.4. The van der Waals surface area contributed by atoms with E-state index in [1.807, 2.05) is 46.7 Å². The molecule has 19 atom stereocenters. The fourth-order valence-electron chi connectivity index (χ4n) is 9.20. The number of fused-ring (bicyclic) bond motifs is 2. The molecule has 4 N–H and O–H groups in total. The summed E-state index contributed by atoms with van der Waals surface area (Å²) >= 11 is 0. The molecule has 4 aliphatic heterocycles. The van der Waals surface area contributed by atoms with Crippen LogP contribution in [0.3, 0.4) is 0 Å². The van der Waals surface area contributed by atoms with Crippen LogP contribution in [0.25, 0.3) is 0 Å². The van der Waals surface area contributed by atoms with Gasteiger partial charge in [-0.15, -0.1) is 0 Å². The fraction of sp³-hybridized carbons (Fsp3) is 0.973. The lowest BCUT2D eigenvalue weighted by atomic mass is 9.76. The number of aliphatic hydroxyl groups is 4. The summed E-state index contributed by atoms with van der Waals surface area (Å²) in [6, 6.07) is -0.213. The smallest absolute Gasteiger partial charge is 0.311 e. The van der Waals surface area contributed by atoms with Crippen molar-refractivity contribution in [1.82, 2.24) is 4.90 Å². The summed E-state index contributed by atoms with van der Waals surface area (Å²) in [5.41, 5.74) is -3.72. The second-order valence-electron chi connectivity index (χ2n) is 16.8. The molecule has 13 nitrogen and oxygen atoms in total. The molecule has 292 valence electrons. The van der Waals surface area contributed by atoms with Crippen LogP contribution in [0.2, 0.25) is 0 Å². The molecule has 50 heavy (non-hydrogen) atoms. The van der Waals surface area contributed by atoms with E-state index >= 15 is 0 Å². The molecule has 0 aromatic rings. The lowest BCUT2D eigenvalue weighted by Crippen LogP contribution is -2.60. The van der Waals surface area contributed by atoms with Gasteiger partial charge in [0, 0.05) is 31.4 Å². The Morgan fingerprint density at radius 1 is 1.02 bits per heavy atom. The van der Waals surface area contributed by atoms with Crippen molar-refractivity contribution in [3.8, 4) is 0 Å². The number of hydrogen-bond acceptors (Lipinski definition) is 13. The standard InChI is InChI=1S/C37H67NO12/c1-14-25(39)37(10,43)32-20(4)28-18(2)16-36(9,50-28)31(49-34-27(40)24(38(11)12)15-19(3)45-34)21(5)29(22(6)33(42)48-32)47-26-17-35(8,44-13)30(41)23(7)46-26/h18-32,34,39-41,43H,14-17H2,1-13H3/t18?,19-,20+,21+,22-,23+,24+,25-,26+,27-,28?,29+,30+,31-,32-,34+,35-,36-,37-/m1/s1. The first-order chi connectivity index (χ1) is 23.1. The summed E-state index contributed by atoms with van der Waals surface area (Å²) in [5.74, 6) is -2.67. The van der Waals surface area contributed by atoms with Crippen LogP contribution in [-0.2, 0) is 38.0 Å². The van der Waals surface area contributed by atoms with Gasteiger partial charge in [-0.25, -0.2) is 0 Å². The van der Waals surface area contributed by atoms with Gasteiger partial charge in [-0.2, -0.15) is 0 Å². The van der Waals surface area contributed by atoms with E-state index < -0.39 is 102 Å². The van der Waals surface area contributed by atoms with Crippen molar-refractivity contribution in [2.75, 3.05) is 21.2 Å². The van der Waals surface area contributed by atoms with E-state index in [0.717, 1.165) is 0 Å². The van der Waals surface area contributed by atoms with E-state index in [9.17, 15) is 25.2 Å². The average Bonchev–Trinajstić information content (AvgIpc) is 3.36. The number of aliphatic hydroxyl groups excluding tert-OH is 3. The van der Waals surface area contributed by atoms with Crippen molar-refractivity contribution in [3.63, 3.8) is 0 Å². The number of rotatable bonds is 9. The summed E-state index contributed by atoms with van der Waals surface area (Å²) in [6.07, 6.45) is -7.36. The van der Waals surface area contributed by atoms with Gasteiger partial charge < -0.3 is 58.5 Å². The SMILES string of the molecule is CC[C@@H](O)[C@@](C)(O)[C@@H]1OC(=O)[C@H](C)[C@@H](O[C@H]2C[C@@](C)(OC)[C@@H](O)[C@H](C)O2)[C@H](C)[C@@H](O[C@@H]2O[C@H](C)C[C@H](N(C)C)[C@H]2O)[C@@]2(C)CC(C)C(O2)[C@@H]1C. The van der Waals surface area contributed by atoms with Crippen molar-refractivity contribution < 1.29 is 58.4 Å². The third-order valence-electron chi connectivity index (χ3n) is 12.4. The van der Waals surface area contributed by atoms with E-state index in [1.165, 1.54) is 14.0 Å². The number of cyclic esters (lactones) is 1. The second kappa shape index (κ2) is 15.8. The van der Waals surface area contributed by atoms with Crippen LogP contribution in [0.1, 0.15) is 94.9 Å². The maximum Gasteiger partial charge on any atom is 0.311 e. The van der Waals surface area contributed by atoms with Crippen LogP contribution in [0.5, 0.6) is 0 Å². The summed E-state index contributed by atoms with van der Waals surface area (Å²) in [6.45, 7) is 18.3. The van der Waals surface area contributed by atoms with Gasteiger partial charge in [-0.3, -0.25) is 4.79 Å². The monoisotopic (exact) mass is 717 g/mol. The van der Waals surface area contributed by atoms with Crippen molar-refractivity contribution in [3.05, 3.63) is 0 Å². The first kappa shape index (κ1) is 41.8. The molecular weight excluding hydrogens is 650 g/mol. The van der Waals surface area contributed by atoms with Gasteiger partial charge >= 0.3 is 5.97 Å². The molecule has 0 aliphatic carbocycles. The number of hydrogen-bond donors (Lipinski definition) is 4. The van der Waals surface area contributed by atoms with Gasteiger partial charge in [0.05, 0.1) is 53.7 Å². The lowest BCUT2D eigenvalue weighted by Gasteiger charge is -2.48. The number of ether oxygens (including phenoxy) is 7. The number of carbonyl (C=O) groups is 1. The molecule has 0 aromatic carbocycles. The average molecular weight is 718 g/mol. The highest BCUT2D eigenvalue weighted by Crippen LogP contribution is 2.48. The molecule has 13 heteroatoms. The predicted molar refractivity (Wildman–Crippen MR) is 184 cm³/mol. The van der Waals surface area contributed by atoms with Crippen molar-refractivity contribution in [2.24, 2.45) is 23.7 Å². The summed E-state index contributed by atoms with van der Waals surface area (Å²) in [5, 5.41) is 45.2. The first-order valence-electron chi connectivity index (χ1n) is 18.6. The minimum atomic E-state index is -1.78. The molecule has 0 saturated carbocycles. The van der Waals surface area contributed by atoms with Gasteiger partial charge in [0.2, 0.25) is 0 Å². The Labute approximate surface area is 299 Å². The van der Waals surface area contributed by atoms with Crippen LogP contribution < -0.4 is 0 Å². The lowest BCUT2D eigenvalue weighted by molar-refractivity contribution is -0.318. The van der Waals surface area contributed by atoms with Crippen LogP contribution in [-0.4, -0.2) is 143 Å². The molecular formula is C37H67NO12. The molecule has 4 rings (SSSR count). The molecule has 0 spiro atoms. The predicted octanol–water partition coefficient (Wildman–Crippen LogP) is 2.62. The zero-order valence-corrected chi connectivity index (χ0v) is 32.6. The Kier molecular flexibility index (Phi) is 13.2. The topological polar surface area (TPSA) is 166 Å². The Bertz CT molecular complexity index is 1140. The van der Waals surface area contributed by atoms with Crippen molar-refractivity contribution in [2.45, 2.75) is 185 Å². The van der Waals surface area contributed by atoms with Gasteiger partial charge in [-0.05, 0) is 80.8 Å². The summed E-state index contributed by atoms with van der Waals surface area (Å²) < 4.78 is 45.1. The minimum absolute atomic E-state index is 0.0580. The van der Waals surface area contributed by atoms with E-state index in [2.05, 4.69) is 6.92 Å². The van der Waals surface area contributed by atoms with Crippen LogP contribution >= 0.6 is 0 Å². The Morgan fingerprint density at radius 2 is 1.66 bits per heavy atom. The van der Waals surface area contributed by atoms with Crippen molar-refractivity contribution >= 4 is 5.97 Å². The maximum absolute atomic E-state index is 14.3. The quantitative estimate of drug-likeness (QED) is 0.258. The highest BCUT2D eigenvalue weighted by molar-refractivity contribution is 5.73. The number of nitrogens with zero attached hydrogens (tertiary/aromatic N) is 1. The molecule has 0 aromatic heterocycles. The van der Waals surface area contributed by atoms with E-state index in [1.54, 1.807) is 27.7 Å². The van der Waals surface area contributed by atoms with Crippen molar-refractivity contribution in [1.29, 1.82) is 0 Å². The van der Waals surface area contributed by atoms with Gasteiger partial charge in [-0.1, -0.05) is 27.7 Å². The first-order valence-corrected chi connectivity index (χ1v) is 18.6. The molecule has 2 unspecified atom stereocenters. The minimum Gasteiger partial charge on any atom is -0.459 e. The second-order valence-corrected chi connectivity index (χ2v) is 16.8. The molecule has 4 heterocycles. The Morgan fingerprint density at radius 3 is 2.24 bits per heavy atom. The molecule has 4 fully saturated rings. The summed E-state index contributed by atoms with van der Waals surface area (Å²) in [7, 11) is 5.37. The van der Waals surface area contributed by atoms with E-state index in [4.69, 9.17) is 33.2 Å². The van der Waals surface area contributed by atoms with Gasteiger partial charge in [0.25, 0.3) is 0 Å². The number of esters is 1. The van der Waals surface area contributed by atoms with E-state index in [0.29, 0.717) is 12.8 Å². The number of likely N-dealkylation sites (N-methyl/N-ethyl adjacent to an activating group) is 1. The largest absolute Gasteiger partial charge is 0.459 e. The van der Waals surface area contributed by atoms with Gasteiger partial charge in [0.1, 0.15) is 23.9 Å². The zero-order chi connectivity index (χ0) is 37.7. The van der Waals surface area contributed by atoms with Gasteiger partial charge in [0.15, 0.2) is 12.6 Å². The zero-order valence-electron chi connectivity index (χ0n) is 32.6. The number of carbonyl (C=O) groups excluding carboxylic acids is 1. The molecule has 2 bridgehead atoms. The van der Waals surface area contributed by atoms with Crippen LogP contribution in [0.4, 0.5) is 0 Å². The normalized spacial score (nSPS) is 49.6. The fourth-order valence-corrected chi connectivity index (χ4v) is 9.20. The molecule has 0 radical (unpaired) electrons. The highest BCUT2D eigenvalue weighted by atomic mass is 16.7. The van der Waals surface area contributed by atoms with Crippen LogP contribution in [0.15, 0.2) is 0 Å². The van der Waals surface area contributed by atoms with E-state index in [-0.39, 0.29) is 30.9 Å². The number of methoxy groups -OCH3 is 1. The summed E-state index contributed by atoms with van der Waals surface area (Å²) in [4.78, 5) is 16.3. The Hall–Kier alpha value is -0.970. The highest BCUT2D eigenvalue weighted by Gasteiger charge is 2.59. The molecule has 4 aliphatic rings. The Balaban J connectivity index is 1.82. The maximum atomic E-state index is 14.3.